The quantitative estimate of drug-likeness (QED) is 0.589. The molecule has 1 amide bonds. The van der Waals surface area contributed by atoms with Gasteiger partial charge >= 0.3 is 5.97 Å². The molecule has 0 spiro atoms. The van der Waals surface area contributed by atoms with Crippen LogP contribution in [0, 0.1) is 5.92 Å². The van der Waals surface area contributed by atoms with Crippen LogP contribution in [0.4, 0.5) is 5.69 Å². The number of methoxy groups -OCH3 is 1. The molecule has 6 heteroatoms. The topological polar surface area (TPSA) is 72.9 Å². The molecule has 134 valence electrons. The molecule has 0 aliphatic carbocycles. The summed E-state index contributed by atoms with van der Waals surface area (Å²) in [7, 11) is 1.54. The Morgan fingerprint density at radius 1 is 1.08 bits per heavy atom. The number of nitrogens with zero attached hydrogens (tertiary/aromatic N) is 1. The van der Waals surface area contributed by atoms with Gasteiger partial charge in [-0.2, -0.15) is 0 Å². The molecular formula is C20H19NO5. The summed E-state index contributed by atoms with van der Waals surface area (Å²) >= 11 is 0. The molecule has 0 aromatic heterocycles. The Bertz CT molecular complexity index is 801. The molecule has 1 aliphatic heterocycles. The number of hydrogen-bond donors (Lipinski definition) is 0. The summed E-state index contributed by atoms with van der Waals surface area (Å²) in [5, 5.41) is 0. The van der Waals surface area contributed by atoms with Crippen LogP contribution in [0.5, 0.6) is 5.75 Å². The van der Waals surface area contributed by atoms with E-state index >= 15 is 0 Å². The molecule has 0 unspecified atom stereocenters. The second-order valence-corrected chi connectivity index (χ2v) is 6.00. The van der Waals surface area contributed by atoms with Crippen molar-refractivity contribution in [2.24, 2.45) is 5.92 Å². The molecule has 2 aromatic carbocycles. The lowest BCUT2D eigenvalue weighted by molar-refractivity contribution is -0.147. The Morgan fingerprint density at radius 3 is 2.42 bits per heavy atom. The van der Waals surface area contributed by atoms with Gasteiger partial charge in [0.2, 0.25) is 5.91 Å². The van der Waals surface area contributed by atoms with Gasteiger partial charge in [-0.3, -0.25) is 14.4 Å². The highest BCUT2D eigenvalue weighted by Gasteiger charge is 2.36. The average Bonchev–Trinajstić information content (AvgIpc) is 3.08. The standard InChI is InChI=1S/C20H19NO5/c1-25-17-9-7-14(8-10-17)18(22)13-26-20(24)15-11-19(23)21(12-15)16-5-3-2-4-6-16/h2-10,15H,11-13H2,1H3/t15-/m1/s1. The van der Waals surface area contributed by atoms with Crippen molar-refractivity contribution < 1.29 is 23.9 Å². The highest BCUT2D eigenvalue weighted by Crippen LogP contribution is 2.25. The van der Waals surface area contributed by atoms with E-state index in [1.807, 2.05) is 30.3 Å². The van der Waals surface area contributed by atoms with Gasteiger partial charge < -0.3 is 14.4 Å². The lowest BCUT2D eigenvalue weighted by Gasteiger charge is -2.16. The summed E-state index contributed by atoms with van der Waals surface area (Å²) < 4.78 is 10.2. The summed E-state index contributed by atoms with van der Waals surface area (Å²) in [6, 6.07) is 15.7. The summed E-state index contributed by atoms with van der Waals surface area (Å²) in [4.78, 5) is 38.1. The van der Waals surface area contributed by atoms with Crippen LogP contribution < -0.4 is 9.64 Å². The van der Waals surface area contributed by atoms with E-state index in [4.69, 9.17) is 9.47 Å². The first kappa shape index (κ1) is 17.7. The fourth-order valence-corrected chi connectivity index (χ4v) is 2.84. The van der Waals surface area contributed by atoms with Gasteiger partial charge in [0.15, 0.2) is 12.4 Å². The van der Waals surface area contributed by atoms with Gasteiger partial charge in [0, 0.05) is 24.2 Å². The summed E-state index contributed by atoms with van der Waals surface area (Å²) in [5.74, 6) is -0.876. The number of benzene rings is 2. The van der Waals surface area contributed by atoms with Gasteiger partial charge in [-0.25, -0.2) is 0 Å². The number of carbonyl (C=O) groups excluding carboxylic acids is 3. The predicted molar refractivity (Wildman–Crippen MR) is 95.2 cm³/mol. The number of anilines is 1. The van der Waals surface area contributed by atoms with Crippen molar-refractivity contribution in [1.82, 2.24) is 0 Å². The third kappa shape index (κ3) is 3.91. The Labute approximate surface area is 151 Å². The largest absolute Gasteiger partial charge is 0.497 e. The van der Waals surface area contributed by atoms with E-state index in [1.54, 1.807) is 36.3 Å². The van der Waals surface area contributed by atoms with Crippen molar-refractivity contribution in [3.63, 3.8) is 0 Å². The molecule has 1 aliphatic rings. The van der Waals surface area contributed by atoms with E-state index in [-0.39, 0.29) is 31.3 Å². The van der Waals surface area contributed by atoms with Crippen LogP contribution in [0.15, 0.2) is 54.6 Å². The molecular weight excluding hydrogens is 334 g/mol. The number of ether oxygens (including phenoxy) is 2. The van der Waals surface area contributed by atoms with Crippen LogP contribution >= 0.6 is 0 Å². The number of ketones is 1. The predicted octanol–water partition coefficient (Wildman–Crippen LogP) is 2.47. The van der Waals surface area contributed by atoms with Crippen LogP contribution in [-0.2, 0) is 14.3 Å². The first-order chi connectivity index (χ1) is 12.6. The lowest BCUT2D eigenvalue weighted by atomic mass is 10.1. The van der Waals surface area contributed by atoms with Crippen molar-refractivity contribution in [1.29, 1.82) is 0 Å². The van der Waals surface area contributed by atoms with Crippen molar-refractivity contribution in [2.45, 2.75) is 6.42 Å². The maximum absolute atomic E-state index is 12.2. The van der Waals surface area contributed by atoms with Crippen LogP contribution in [0.3, 0.4) is 0 Å². The van der Waals surface area contributed by atoms with Gasteiger partial charge in [-0.15, -0.1) is 0 Å². The van der Waals surface area contributed by atoms with Crippen molar-refractivity contribution in [3.8, 4) is 5.75 Å². The van der Waals surface area contributed by atoms with Gasteiger partial charge in [0.05, 0.1) is 13.0 Å². The molecule has 0 radical (unpaired) electrons. The third-order valence-electron chi connectivity index (χ3n) is 4.28. The average molecular weight is 353 g/mol. The third-order valence-corrected chi connectivity index (χ3v) is 4.28. The Balaban J connectivity index is 1.55. The maximum atomic E-state index is 12.2. The van der Waals surface area contributed by atoms with Gasteiger partial charge in [0.25, 0.3) is 0 Å². The molecule has 2 aromatic rings. The molecule has 1 heterocycles. The zero-order chi connectivity index (χ0) is 18.5. The number of amides is 1. The van der Waals surface area contributed by atoms with E-state index in [1.165, 1.54) is 0 Å². The lowest BCUT2D eigenvalue weighted by Crippen LogP contribution is -2.27. The van der Waals surface area contributed by atoms with Crippen molar-refractivity contribution in [2.75, 3.05) is 25.2 Å². The molecule has 6 nitrogen and oxygen atoms in total. The van der Waals surface area contributed by atoms with E-state index in [2.05, 4.69) is 0 Å². The fourth-order valence-electron chi connectivity index (χ4n) is 2.84. The van der Waals surface area contributed by atoms with Gasteiger partial charge in [-0.1, -0.05) is 18.2 Å². The summed E-state index contributed by atoms with van der Waals surface area (Å²) in [6.45, 7) is -0.0837. The second kappa shape index (κ2) is 7.82. The molecule has 1 fully saturated rings. The van der Waals surface area contributed by atoms with Gasteiger partial charge in [-0.05, 0) is 36.4 Å². The number of Topliss-reactive ketones (excluding diaryl/α,β-unsaturated/α-hetero) is 1. The minimum Gasteiger partial charge on any atom is -0.497 e. The minimum absolute atomic E-state index is 0.0878. The first-order valence-corrected chi connectivity index (χ1v) is 8.28. The first-order valence-electron chi connectivity index (χ1n) is 8.28. The normalized spacial score (nSPS) is 16.4. The molecule has 1 atom stereocenters. The highest BCUT2D eigenvalue weighted by atomic mass is 16.5. The number of rotatable bonds is 6. The zero-order valence-corrected chi connectivity index (χ0v) is 14.4. The van der Waals surface area contributed by atoms with Crippen molar-refractivity contribution in [3.05, 3.63) is 60.2 Å². The fraction of sp³-hybridized carbons (Fsp3) is 0.250. The maximum Gasteiger partial charge on any atom is 0.311 e. The molecule has 3 rings (SSSR count). The van der Waals surface area contributed by atoms with Crippen LogP contribution in [0.25, 0.3) is 0 Å². The highest BCUT2D eigenvalue weighted by molar-refractivity contribution is 6.01. The van der Waals surface area contributed by atoms with Gasteiger partial charge in [0.1, 0.15) is 5.75 Å². The molecule has 0 N–H and O–H groups in total. The second-order valence-electron chi connectivity index (χ2n) is 6.00. The minimum atomic E-state index is -0.564. The van der Waals surface area contributed by atoms with Crippen LogP contribution in [0.1, 0.15) is 16.8 Å². The van der Waals surface area contributed by atoms with Crippen molar-refractivity contribution >= 4 is 23.3 Å². The summed E-state index contributed by atoms with van der Waals surface area (Å²) in [5.41, 5.74) is 1.19. The van der Waals surface area contributed by atoms with Crippen LogP contribution in [-0.4, -0.2) is 37.9 Å². The molecule has 26 heavy (non-hydrogen) atoms. The Hall–Kier alpha value is -3.15. The van der Waals surface area contributed by atoms with E-state index in [9.17, 15) is 14.4 Å². The number of esters is 1. The number of para-hydroxylation sites is 1. The zero-order valence-electron chi connectivity index (χ0n) is 14.4. The summed E-state index contributed by atoms with van der Waals surface area (Å²) in [6.07, 6.45) is 0.0878. The molecule has 0 saturated carbocycles. The smallest absolute Gasteiger partial charge is 0.311 e. The van der Waals surface area contributed by atoms with E-state index in [0.717, 1.165) is 5.69 Å². The Morgan fingerprint density at radius 2 is 1.77 bits per heavy atom. The van der Waals surface area contributed by atoms with Crippen LogP contribution in [0.2, 0.25) is 0 Å². The molecule has 0 bridgehead atoms. The monoisotopic (exact) mass is 353 g/mol. The number of hydrogen-bond acceptors (Lipinski definition) is 5. The van der Waals surface area contributed by atoms with E-state index < -0.39 is 11.9 Å². The Kier molecular flexibility index (Phi) is 5.31. The molecule has 1 saturated heterocycles. The number of carbonyl (C=O) groups is 3. The SMILES string of the molecule is COc1ccc(C(=O)COC(=O)[C@@H]2CC(=O)N(c3ccccc3)C2)cc1. The van der Waals surface area contributed by atoms with E-state index in [0.29, 0.717) is 11.3 Å².